The number of rotatable bonds is 10. The largest absolute Gasteiger partial charge is 0.400 e. The molecule has 9 heteroatoms. The summed E-state index contributed by atoms with van der Waals surface area (Å²) in [5.41, 5.74) is -0.238. The number of aliphatic hydroxyl groups excluding tert-OH is 1. The summed E-state index contributed by atoms with van der Waals surface area (Å²) in [7, 11) is 4.34. The maximum absolute atomic E-state index is 12.9. The second-order valence-corrected chi connectivity index (χ2v) is 9.50. The smallest absolute Gasteiger partial charge is 0.243 e. The van der Waals surface area contributed by atoms with E-state index in [0.29, 0.717) is 25.8 Å². The second kappa shape index (κ2) is 22.5. The van der Waals surface area contributed by atoms with Crippen molar-refractivity contribution in [2.24, 2.45) is 5.41 Å². The second-order valence-electron chi connectivity index (χ2n) is 9.50. The average molecular weight is 503 g/mol. The number of carbonyl (C=O) groups excluding carboxylic acids is 4. The Labute approximate surface area is 214 Å². The molecule has 0 aromatic carbocycles. The van der Waals surface area contributed by atoms with E-state index in [1.165, 1.54) is 19.8 Å². The van der Waals surface area contributed by atoms with E-state index in [0.717, 1.165) is 26.4 Å². The monoisotopic (exact) mass is 502 g/mol. The van der Waals surface area contributed by atoms with E-state index in [2.05, 4.69) is 36.7 Å². The fraction of sp³-hybridized carbons (Fsp3) is 0.846. The van der Waals surface area contributed by atoms with Gasteiger partial charge in [0.25, 0.3) is 0 Å². The lowest BCUT2D eigenvalue weighted by Crippen LogP contribution is -2.56. The van der Waals surface area contributed by atoms with Crippen molar-refractivity contribution in [2.45, 2.75) is 112 Å². The Balaban J connectivity index is -0.000000872. The number of amides is 3. The fourth-order valence-electron chi connectivity index (χ4n) is 3.45. The van der Waals surface area contributed by atoms with Crippen molar-refractivity contribution < 1.29 is 24.3 Å². The van der Waals surface area contributed by atoms with Gasteiger partial charge in [-0.25, -0.2) is 0 Å². The molecule has 35 heavy (non-hydrogen) atoms. The van der Waals surface area contributed by atoms with Crippen LogP contribution >= 0.6 is 0 Å². The molecule has 1 aliphatic heterocycles. The highest BCUT2D eigenvalue weighted by molar-refractivity contribution is 5.93. The van der Waals surface area contributed by atoms with Gasteiger partial charge in [0.1, 0.15) is 6.04 Å². The van der Waals surface area contributed by atoms with Crippen molar-refractivity contribution in [3.63, 3.8) is 0 Å². The first-order valence-electron chi connectivity index (χ1n) is 12.8. The van der Waals surface area contributed by atoms with Gasteiger partial charge in [0.15, 0.2) is 5.78 Å². The minimum Gasteiger partial charge on any atom is -0.400 e. The third-order valence-corrected chi connectivity index (χ3v) is 5.51. The first kappa shape index (κ1) is 37.5. The van der Waals surface area contributed by atoms with Crippen LogP contribution in [0, 0.1) is 5.41 Å². The molecule has 208 valence electrons. The highest BCUT2D eigenvalue weighted by atomic mass is 16.2. The Morgan fingerprint density at radius 2 is 1.57 bits per heavy atom. The van der Waals surface area contributed by atoms with Gasteiger partial charge in [-0.3, -0.25) is 19.2 Å². The van der Waals surface area contributed by atoms with Gasteiger partial charge < -0.3 is 26.0 Å². The van der Waals surface area contributed by atoms with E-state index in [1.807, 2.05) is 20.8 Å². The van der Waals surface area contributed by atoms with Gasteiger partial charge in [-0.1, -0.05) is 67.2 Å². The molecule has 0 spiro atoms. The first-order valence-corrected chi connectivity index (χ1v) is 12.8. The number of ketones is 1. The van der Waals surface area contributed by atoms with Gasteiger partial charge in [-0.05, 0) is 38.6 Å². The Morgan fingerprint density at radius 1 is 1.06 bits per heavy atom. The molecule has 0 radical (unpaired) electrons. The van der Waals surface area contributed by atoms with Crippen LogP contribution < -0.4 is 16.0 Å². The summed E-state index contributed by atoms with van der Waals surface area (Å²) in [5.74, 6) is -0.271. The molecule has 0 bridgehead atoms. The van der Waals surface area contributed by atoms with Crippen molar-refractivity contribution in [3.8, 4) is 0 Å². The molecule has 1 saturated heterocycles. The van der Waals surface area contributed by atoms with Crippen molar-refractivity contribution >= 4 is 24.0 Å². The summed E-state index contributed by atoms with van der Waals surface area (Å²) in [4.78, 5) is 48.2. The average Bonchev–Trinajstić information content (AvgIpc) is 3.32. The molecule has 0 aliphatic carbocycles. The van der Waals surface area contributed by atoms with E-state index in [1.54, 1.807) is 19.0 Å². The number of aliphatic hydroxyl groups is 1. The summed E-state index contributed by atoms with van der Waals surface area (Å²) in [6, 6.07) is -1.27. The molecule has 4 N–H and O–H groups in total. The van der Waals surface area contributed by atoms with Crippen LogP contribution in [0.2, 0.25) is 0 Å². The lowest BCUT2D eigenvalue weighted by Gasteiger charge is -2.35. The summed E-state index contributed by atoms with van der Waals surface area (Å²) in [6.45, 7) is 14.5. The predicted octanol–water partition coefficient (Wildman–Crippen LogP) is 2.65. The van der Waals surface area contributed by atoms with Gasteiger partial charge in [0.05, 0.1) is 12.1 Å². The van der Waals surface area contributed by atoms with E-state index < -0.39 is 12.1 Å². The lowest BCUT2D eigenvalue weighted by molar-refractivity contribution is -0.142. The van der Waals surface area contributed by atoms with Crippen molar-refractivity contribution in [1.82, 2.24) is 20.9 Å². The Hall–Kier alpha value is -2.00. The summed E-state index contributed by atoms with van der Waals surface area (Å²) >= 11 is 0. The third-order valence-electron chi connectivity index (χ3n) is 5.51. The molecule has 0 saturated carbocycles. The number of Topliss-reactive ketones (excluding diaryl/α,β-unsaturated/α-hetero) is 1. The van der Waals surface area contributed by atoms with Crippen molar-refractivity contribution in [3.05, 3.63) is 0 Å². The van der Waals surface area contributed by atoms with Crippen LogP contribution in [-0.2, 0) is 19.2 Å². The van der Waals surface area contributed by atoms with Crippen LogP contribution in [0.1, 0.15) is 93.4 Å². The van der Waals surface area contributed by atoms with Crippen LogP contribution in [-0.4, -0.2) is 79.9 Å². The van der Waals surface area contributed by atoms with Crippen molar-refractivity contribution in [1.29, 1.82) is 0 Å². The Kier molecular flexibility index (Phi) is 24.1. The van der Waals surface area contributed by atoms with E-state index >= 15 is 0 Å². The summed E-state index contributed by atoms with van der Waals surface area (Å²) in [6.07, 6.45) is 7.24. The molecular weight excluding hydrogens is 448 g/mol. The lowest BCUT2D eigenvalue weighted by atomic mass is 9.86. The zero-order valence-electron chi connectivity index (χ0n) is 24.0. The zero-order valence-corrected chi connectivity index (χ0v) is 24.0. The quantitative estimate of drug-likeness (QED) is 0.340. The van der Waals surface area contributed by atoms with Gasteiger partial charge in [0, 0.05) is 20.7 Å². The maximum Gasteiger partial charge on any atom is 0.243 e. The van der Waals surface area contributed by atoms with Crippen LogP contribution in [0.4, 0.5) is 0 Å². The zero-order chi connectivity index (χ0) is 28.0. The number of hydrogen-bond donors (Lipinski definition) is 4. The topological polar surface area (TPSA) is 128 Å². The number of hydrogen-bond acceptors (Lipinski definition) is 6. The number of likely N-dealkylation sites (tertiary alicyclic amines) is 1. The molecule has 0 aromatic rings. The maximum atomic E-state index is 12.9. The van der Waals surface area contributed by atoms with Crippen LogP contribution in [0.15, 0.2) is 0 Å². The minimum atomic E-state index is -0.478. The van der Waals surface area contributed by atoms with E-state index in [9.17, 15) is 14.4 Å². The highest BCUT2D eigenvalue weighted by Crippen LogP contribution is 2.25. The third kappa shape index (κ3) is 16.3. The van der Waals surface area contributed by atoms with Crippen molar-refractivity contribution in [2.75, 3.05) is 27.7 Å². The molecule has 3 atom stereocenters. The molecule has 0 aromatic heterocycles. The molecule has 1 aliphatic rings. The molecule has 1 rings (SSSR count). The molecule has 1 fully saturated rings. The summed E-state index contributed by atoms with van der Waals surface area (Å²) in [5, 5.41) is 15.2. The molecule has 3 amide bonds. The van der Waals surface area contributed by atoms with E-state index in [-0.39, 0.29) is 29.1 Å². The van der Waals surface area contributed by atoms with Gasteiger partial charge in [-0.2, -0.15) is 0 Å². The number of unbranched alkanes of at least 4 members (excludes halogenated alkanes) is 2. The summed E-state index contributed by atoms with van der Waals surface area (Å²) < 4.78 is 0. The Morgan fingerprint density at radius 3 is 1.91 bits per heavy atom. The number of nitrogens with zero attached hydrogens (tertiary/aromatic N) is 1. The number of likely N-dealkylation sites (N-methyl/N-ethyl adjacent to an activating group) is 1. The van der Waals surface area contributed by atoms with Gasteiger partial charge in [-0.15, -0.1) is 0 Å². The van der Waals surface area contributed by atoms with Crippen LogP contribution in [0.3, 0.4) is 0 Å². The normalized spacial score (nSPS) is 16.1. The molecular formula is C26H54N4O5. The molecule has 1 heterocycles. The highest BCUT2D eigenvalue weighted by Gasteiger charge is 2.40. The first-order chi connectivity index (χ1) is 16.5. The Bertz CT molecular complexity index is 577. The SMILES string of the molecule is CCCC.CCCCC(NC(=O)C1CCCN1C(=O)C(NC)C(C)(C)C)C(C)=O.CNC=O.CO. The van der Waals surface area contributed by atoms with Crippen LogP contribution in [0.5, 0.6) is 0 Å². The minimum absolute atomic E-state index is 0.0273. The fourth-order valence-corrected chi connectivity index (χ4v) is 3.45. The number of carbonyl (C=O) groups is 4. The molecule has 9 nitrogen and oxygen atoms in total. The standard InChI is InChI=1S/C19H35N3O3.C4H10.C2H5NO.CH4O/c1-7-8-10-14(13(2)23)21-17(24)15-11-9-12-22(15)18(25)16(20-6)19(3,4)5;1-3-4-2;1-3-2-4;1-2/h14-16,20H,7-12H2,1-6H3,(H,21,24);3-4H2,1-2H3;2H,1H3,(H,3,4);2H,1H3. The molecule has 3 unspecified atom stereocenters. The predicted molar refractivity (Wildman–Crippen MR) is 143 cm³/mol. The van der Waals surface area contributed by atoms with Gasteiger partial charge >= 0.3 is 0 Å². The number of nitrogens with one attached hydrogen (secondary N) is 3. The van der Waals surface area contributed by atoms with E-state index in [4.69, 9.17) is 9.90 Å². The van der Waals surface area contributed by atoms with Gasteiger partial charge in [0.2, 0.25) is 18.2 Å². The van der Waals surface area contributed by atoms with Crippen LogP contribution in [0.25, 0.3) is 0 Å².